The Labute approximate surface area is 79.0 Å². The Morgan fingerprint density at radius 1 is 1.62 bits per heavy atom. The first-order valence-electron chi connectivity index (χ1n) is 4.39. The maximum absolute atomic E-state index is 10.9. The van der Waals surface area contributed by atoms with Crippen molar-refractivity contribution in [3.8, 4) is 0 Å². The molecule has 0 saturated heterocycles. The van der Waals surface area contributed by atoms with E-state index in [9.17, 15) is 4.79 Å². The zero-order valence-electron chi connectivity index (χ0n) is 8.32. The van der Waals surface area contributed by atoms with Crippen molar-refractivity contribution in [3.63, 3.8) is 0 Å². The molecule has 4 nitrogen and oxygen atoms in total. The summed E-state index contributed by atoms with van der Waals surface area (Å²) in [6, 6.07) is 0. The summed E-state index contributed by atoms with van der Waals surface area (Å²) in [5.74, 6) is -0.454. The number of carbonyl (C=O) groups is 1. The van der Waals surface area contributed by atoms with Crippen molar-refractivity contribution in [2.75, 3.05) is 26.7 Å². The Morgan fingerprint density at radius 3 is 2.62 bits per heavy atom. The molecule has 13 heavy (non-hydrogen) atoms. The lowest BCUT2D eigenvalue weighted by molar-refractivity contribution is -1.07. The highest BCUT2D eigenvalue weighted by atomic mass is 16.7. The lowest BCUT2D eigenvalue weighted by Gasteiger charge is -2.28. The van der Waals surface area contributed by atoms with Crippen LogP contribution in [-0.2, 0) is 9.63 Å². The average Bonchev–Trinajstić information content (AvgIpc) is 2.04. The van der Waals surface area contributed by atoms with Crippen LogP contribution in [0, 0.1) is 0 Å². The highest BCUT2D eigenvalue weighted by molar-refractivity contribution is 5.80. The number of likely N-dealkylation sites (N-methyl/N-ethyl adjacent to an activating group) is 1. The summed E-state index contributed by atoms with van der Waals surface area (Å²) in [6.45, 7) is 6.42. The van der Waals surface area contributed by atoms with E-state index in [2.05, 4.69) is 6.58 Å². The second-order valence-corrected chi connectivity index (χ2v) is 3.08. The third kappa shape index (κ3) is 4.65. The summed E-state index contributed by atoms with van der Waals surface area (Å²) < 4.78 is 0.109. The zero-order valence-corrected chi connectivity index (χ0v) is 8.32. The SMILES string of the molecule is C=CC(=O)O[N+](C)(CCC)CCO. The third-order valence-corrected chi connectivity index (χ3v) is 1.75. The normalized spacial score (nSPS) is 14.7. The Bertz CT molecular complexity index is 174. The van der Waals surface area contributed by atoms with Crippen LogP contribution >= 0.6 is 0 Å². The standard InChI is InChI=1S/C9H18NO3/c1-4-6-10(3,7-8-11)13-9(12)5-2/h5,11H,2,4,6-8H2,1,3H3/q+1. The third-order valence-electron chi connectivity index (χ3n) is 1.75. The summed E-state index contributed by atoms with van der Waals surface area (Å²) in [6.07, 6.45) is 2.02. The van der Waals surface area contributed by atoms with Crippen LogP contribution in [-0.4, -0.2) is 42.5 Å². The number of rotatable bonds is 6. The number of aliphatic hydroxyl groups is 1. The van der Waals surface area contributed by atoms with Crippen LogP contribution in [0.5, 0.6) is 0 Å². The molecule has 1 atom stereocenters. The van der Waals surface area contributed by atoms with Crippen molar-refractivity contribution in [3.05, 3.63) is 12.7 Å². The molecule has 0 rings (SSSR count). The van der Waals surface area contributed by atoms with Gasteiger partial charge >= 0.3 is 5.97 Å². The molecular formula is C9H18NO3+. The summed E-state index contributed by atoms with van der Waals surface area (Å²) in [5.41, 5.74) is 0. The first-order valence-corrected chi connectivity index (χ1v) is 4.39. The molecule has 0 saturated carbocycles. The lowest BCUT2D eigenvalue weighted by atomic mass is 10.4. The second-order valence-electron chi connectivity index (χ2n) is 3.08. The van der Waals surface area contributed by atoms with Crippen molar-refractivity contribution >= 4 is 5.97 Å². The van der Waals surface area contributed by atoms with Crippen molar-refractivity contribution in [1.82, 2.24) is 0 Å². The van der Waals surface area contributed by atoms with E-state index >= 15 is 0 Å². The summed E-state index contributed by atoms with van der Waals surface area (Å²) in [7, 11) is 1.76. The highest BCUT2D eigenvalue weighted by Gasteiger charge is 2.24. The molecule has 0 aromatic carbocycles. The molecule has 1 N–H and O–H groups in total. The number of hydrogen-bond donors (Lipinski definition) is 1. The monoisotopic (exact) mass is 188 g/mol. The van der Waals surface area contributed by atoms with Gasteiger partial charge in [-0.25, -0.2) is 4.79 Å². The van der Waals surface area contributed by atoms with Crippen LogP contribution < -0.4 is 0 Å². The van der Waals surface area contributed by atoms with Crippen LogP contribution in [0.25, 0.3) is 0 Å². The van der Waals surface area contributed by atoms with Crippen LogP contribution in [0.15, 0.2) is 12.7 Å². The van der Waals surface area contributed by atoms with Gasteiger partial charge in [0.15, 0.2) is 0 Å². The highest BCUT2D eigenvalue weighted by Crippen LogP contribution is 2.05. The van der Waals surface area contributed by atoms with E-state index in [0.29, 0.717) is 13.1 Å². The van der Waals surface area contributed by atoms with Crippen molar-refractivity contribution in [1.29, 1.82) is 0 Å². The minimum absolute atomic E-state index is 0.000916. The van der Waals surface area contributed by atoms with Gasteiger partial charge in [-0.05, 0) is 6.42 Å². The van der Waals surface area contributed by atoms with Crippen molar-refractivity contribution in [2.24, 2.45) is 0 Å². The van der Waals surface area contributed by atoms with Crippen molar-refractivity contribution in [2.45, 2.75) is 13.3 Å². The Kier molecular flexibility index (Phi) is 5.34. The van der Waals surface area contributed by atoms with E-state index in [1.54, 1.807) is 7.05 Å². The number of hydrogen-bond acceptors (Lipinski definition) is 3. The molecule has 0 aliphatic carbocycles. The van der Waals surface area contributed by atoms with Gasteiger partial charge in [0, 0.05) is 6.08 Å². The number of nitrogens with zero attached hydrogens (tertiary/aromatic N) is 1. The minimum Gasteiger partial charge on any atom is -0.390 e. The molecule has 4 heteroatoms. The molecule has 0 bridgehead atoms. The first kappa shape index (κ1) is 12.1. The second kappa shape index (κ2) is 5.72. The quantitative estimate of drug-likeness (QED) is 0.374. The van der Waals surface area contributed by atoms with E-state index in [-0.39, 0.29) is 11.3 Å². The fourth-order valence-electron chi connectivity index (χ4n) is 1.14. The van der Waals surface area contributed by atoms with Crippen LogP contribution in [0.1, 0.15) is 13.3 Å². The fourth-order valence-corrected chi connectivity index (χ4v) is 1.14. The van der Waals surface area contributed by atoms with Crippen LogP contribution in [0.3, 0.4) is 0 Å². The van der Waals surface area contributed by atoms with E-state index in [4.69, 9.17) is 9.94 Å². The number of hydroxylamine groups is 3. The molecule has 0 amide bonds. The van der Waals surface area contributed by atoms with Gasteiger partial charge in [-0.15, -0.1) is 4.65 Å². The molecule has 0 aliphatic rings. The summed E-state index contributed by atoms with van der Waals surface area (Å²) in [5, 5.41) is 8.78. The first-order chi connectivity index (χ1) is 6.08. The summed E-state index contributed by atoms with van der Waals surface area (Å²) >= 11 is 0. The van der Waals surface area contributed by atoms with Gasteiger partial charge in [0.25, 0.3) is 0 Å². The molecule has 0 fully saturated rings. The maximum Gasteiger partial charge on any atom is 0.389 e. The van der Waals surface area contributed by atoms with Gasteiger partial charge in [-0.3, -0.25) is 4.84 Å². The van der Waals surface area contributed by atoms with Crippen LogP contribution in [0.2, 0.25) is 0 Å². The topological polar surface area (TPSA) is 46.5 Å². The van der Waals surface area contributed by atoms with Gasteiger partial charge in [0.05, 0.1) is 6.61 Å². The maximum atomic E-state index is 10.9. The van der Waals surface area contributed by atoms with Crippen LogP contribution in [0.4, 0.5) is 0 Å². The number of aliphatic hydroxyl groups excluding tert-OH is 1. The summed E-state index contributed by atoms with van der Waals surface area (Å²) in [4.78, 5) is 16.0. The number of carbonyl (C=O) groups excluding carboxylic acids is 1. The lowest BCUT2D eigenvalue weighted by Crippen LogP contribution is -2.47. The Morgan fingerprint density at radius 2 is 2.23 bits per heavy atom. The van der Waals surface area contributed by atoms with Crippen molar-refractivity contribution < 1.29 is 19.4 Å². The zero-order chi connectivity index (χ0) is 10.3. The van der Waals surface area contributed by atoms with E-state index in [1.807, 2.05) is 6.92 Å². The van der Waals surface area contributed by atoms with E-state index < -0.39 is 5.97 Å². The van der Waals surface area contributed by atoms with Gasteiger partial charge in [0.1, 0.15) is 20.1 Å². The van der Waals surface area contributed by atoms with Gasteiger partial charge in [0.2, 0.25) is 0 Å². The average molecular weight is 188 g/mol. The van der Waals surface area contributed by atoms with Gasteiger partial charge in [-0.1, -0.05) is 13.5 Å². The van der Waals surface area contributed by atoms with E-state index in [1.165, 1.54) is 0 Å². The Hall–Kier alpha value is -0.870. The Balaban J connectivity index is 4.21. The largest absolute Gasteiger partial charge is 0.390 e. The predicted octanol–water partition coefficient (Wildman–Crippen LogP) is 0.480. The van der Waals surface area contributed by atoms with Gasteiger partial charge in [-0.2, -0.15) is 0 Å². The fraction of sp³-hybridized carbons (Fsp3) is 0.667. The molecule has 1 unspecified atom stereocenters. The molecule has 76 valence electrons. The smallest absolute Gasteiger partial charge is 0.389 e. The molecule has 0 aromatic heterocycles. The molecule has 0 aliphatic heterocycles. The number of quaternary nitrogens is 1. The van der Waals surface area contributed by atoms with E-state index in [0.717, 1.165) is 12.5 Å². The molecule has 0 heterocycles. The molecular weight excluding hydrogens is 170 g/mol. The molecule has 0 radical (unpaired) electrons. The predicted molar refractivity (Wildman–Crippen MR) is 49.6 cm³/mol. The minimum atomic E-state index is -0.454. The molecule has 0 aromatic rings. The van der Waals surface area contributed by atoms with Gasteiger partial charge < -0.3 is 5.11 Å². The molecule has 0 spiro atoms.